The second-order valence-electron chi connectivity index (χ2n) is 4.51. The molecule has 5 nitrogen and oxygen atoms in total. The Balaban J connectivity index is 1.75. The number of halogens is 1. The molecule has 1 aromatic carbocycles. The average molecular weight is 263 g/mol. The Morgan fingerprint density at radius 3 is 2.95 bits per heavy atom. The van der Waals surface area contributed by atoms with Crippen LogP contribution in [0, 0.1) is 5.82 Å². The minimum atomic E-state index is -0.448. The van der Waals surface area contributed by atoms with Crippen molar-refractivity contribution in [1.82, 2.24) is 15.5 Å². The first-order valence-electron chi connectivity index (χ1n) is 6.16. The second-order valence-corrected chi connectivity index (χ2v) is 4.51. The summed E-state index contributed by atoms with van der Waals surface area (Å²) in [6.45, 7) is 0.552. The predicted molar refractivity (Wildman–Crippen MR) is 66.1 cm³/mol. The van der Waals surface area contributed by atoms with Crippen LogP contribution < -0.4 is 10.1 Å². The van der Waals surface area contributed by atoms with Crippen molar-refractivity contribution in [3.63, 3.8) is 0 Å². The molecule has 1 aromatic heterocycles. The molecule has 0 amide bonds. The third-order valence-corrected chi connectivity index (χ3v) is 2.98. The van der Waals surface area contributed by atoms with Crippen LogP contribution in [0.15, 0.2) is 22.6 Å². The quantitative estimate of drug-likeness (QED) is 0.895. The lowest BCUT2D eigenvalue weighted by Gasteiger charge is -2.02. The fraction of sp³-hybridized carbons (Fsp3) is 0.385. The Morgan fingerprint density at radius 1 is 1.42 bits per heavy atom. The Hall–Kier alpha value is -1.95. The maximum Gasteiger partial charge on any atom is 0.247 e. The third-order valence-electron chi connectivity index (χ3n) is 2.98. The lowest BCUT2D eigenvalue weighted by atomic mass is 10.2. The smallest absolute Gasteiger partial charge is 0.247 e. The SMILES string of the molecule is COc1ccc(-c2nnc(CNC3CC3)o2)cc1F. The maximum absolute atomic E-state index is 13.6. The van der Waals surface area contributed by atoms with Crippen LogP contribution in [-0.4, -0.2) is 23.3 Å². The summed E-state index contributed by atoms with van der Waals surface area (Å²) in [7, 11) is 1.42. The van der Waals surface area contributed by atoms with Gasteiger partial charge in [0.25, 0.3) is 0 Å². The molecule has 19 heavy (non-hydrogen) atoms. The van der Waals surface area contributed by atoms with E-state index in [1.807, 2.05) is 0 Å². The molecule has 100 valence electrons. The first-order chi connectivity index (χ1) is 9.26. The van der Waals surface area contributed by atoms with Crippen molar-refractivity contribution in [2.75, 3.05) is 7.11 Å². The normalized spacial score (nSPS) is 14.6. The molecule has 3 rings (SSSR count). The summed E-state index contributed by atoms with van der Waals surface area (Å²) >= 11 is 0. The Bertz CT molecular complexity index is 581. The van der Waals surface area contributed by atoms with E-state index < -0.39 is 5.82 Å². The monoisotopic (exact) mass is 263 g/mol. The van der Waals surface area contributed by atoms with E-state index in [0.717, 1.165) is 0 Å². The number of benzene rings is 1. The molecule has 0 spiro atoms. The molecule has 0 atom stereocenters. The molecule has 6 heteroatoms. The summed E-state index contributed by atoms with van der Waals surface area (Å²) in [5.74, 6) is 0.571. The van der Waals surface area contributed by atoms with E-state index in [-0.39, 0.29) is 5.75 Å². The van der Waals surface area contributed by atoms with Gasteiger partial charge in [-0.1, -0.05) is 0 Å². The first kappa shape index (κ1) is 12.1. The Kier molecular flexibility index (Phi) is 3.16. The average Bonchev–Trinajstić information content (AvgIpc) is 3.13. The van der Waals surface area contributed by atoms with E-state index in [0.29, 0.717) is 29.9 Å². The summed E-state index contributed by atoms with van der Waals surface area (Å²) < 4.78 is 23.9. The van der Waals surface area contributed by atoms with Gasteiger partial charge in [0.1, 0.15) is 0 Å². The van der Waals surface area contributed by atoms with Crippen molar-refractivity contribution in [2.45, 2.75) is 25.4 Å². The van der Waals surface area contributed by atoms with Gasteiger partial charge in [0.05, 0.1) is 13.7 Å². The van der Waals surface area contributed by atoms with E-state index in [1.54, 1.807) is 6.07 Å². The van der Waals surface area contributed by atoms with Gasteiger partial charge < -0.3 is 14.5 Å². The van der Waals surface area contributed by atoms with E-state index in [9.17, 15) is 4.39 Å². The topological polar surface area (TPSA) is 60.2 Å². The zero-order chi connectivity index (χ0) is 13.2. The predicted octanol–water partition coefficient (Wildman–Crippen LogP) is 2.14. The van der Waals surface area contributed by atoms with Crippen LogP contribution in [0.3, 0.4) is 0 Å². The van der Waals surface area contributed by atoms with E-state index in [4.69, 9.17) is 9.15 Å². The van der Waals surface area contributed by atoms with E-state index in [2.05, 4.69) is 15.5 Å². The minimum Gasteiger partial charge on any atom is -0.494 e. The van der Waals surface area contributed by atoms with Gasteiger partial charge in [0.2, 0.25) is 11.8 Å². The van der Waals surface area contributed by atoms with Gasteiger partial charge in [0, 0.05) is 11.6 Å². The fourth-order valence-electron chi connectivity index (χ4n) is 1.76. The van der Waals surface area contributed by atoms with Gasteiger partial charge in [-0.15, -0.1) is 10.2 Å². The summed E-state index contributed by atoms with van der Waals surface area (Å²) in [6.07, 6.45) is 2.40. The Morgan fingerprint density at radius 2 is 2.26 bits per heavy atom. The van der Waals surface area contributed by atoms with Crippen molar-refractivity contribution in [3.8, 4) is 17.2 Å². The third kappa shape index (κ3) is 2.73. The number of hydrogen-bond donors (Lipinski definition) is 1. The van der Waals surface area contributed by atoms with E-state index >= 15 is 0 Å². The van der Waals surface area contributed by atoms with E-state index in [1.165, 1.54) is 32.1 Å². The van der Waals surface area contributed by atoms with Crippen LogP contribution >= 0.6 is 0 Å². The summed E-state index contributed by atoms with van der Waals surface area (Å²) in [5.41, 5.74) is 0.545. The highest BCUT2D eigenvalue weighted by molar-refractivity contribution is 5.54. The highest BCUT2D eigenvalue weighted by Crippen LogP contribution is 2.25. The van der Waals surface area contributed by atoms with Gasteiger partial charge in [-0.2, -0.15) is 0 Å². The summed E-state index contributed by atoms with van der Waals surface area (Å²) in [5, 5.41) is 11.1. The molecule has 1 heterocycles. The van der Waals surface area contributed by atoms with Gasteiger partial charge in [0.15, 0.2) is 11.6 Å². The number of methoxy groups -OCH3 is 1. The number of ether oxygens (including phenoxy) is 1. The molecule has 1 aliphatic rings. The molecule has 1 aliphatic carbocycles. The number of nitrogens with one attached hydrogen (secondary N) is 1. The highest BCUT2D eigenvalue weighted by Gasteiger charge is 2.21. The number of nitrogens with zero attached hydrogens (tertiary/aromatic N) is 2. The largest absolute Gasteiger partial charge is 0.494 e. The zero-order valence-corrected chi connectivity index (χ0v) is 10.5. The molecule has 1 saturated carbocycles. The molecule has 0 unspecified atom stereocenters. The fourth-order valence-corrected chi connectivity index (χ4v) is 1.76. The van der Waals surface area contributed by atoms with Crippen molar-refractivity contribution < 1.29 is 13.5 Å². The number of rotatable bonds is 5. The standard InChI is InChI=1S/C13H14FN3O2/c1-18-11-5-2-8(6-10(11)14)13-17-16-12(19-13)7-15-9-3-4-9/h2,5-6,9,15H,3-4,7H2,1H3. The number of hydrogen-bond acceptors (Lipinski definition) is 5. The maximum atomic E-state index is 13.6. The van der Waals surface area contributed by atoms with Crippen molar-refractivity contribution in [1.29, 1.82) is 0 Å². The van der Waals surface area contributed by atoms with Crippen molar-refractivity contribution in [2.24, 2.45) is 0 Å². The molecular formula is C13H14FN3O2. The molecule has 0 bridgehead atoms. The Labute approximate surface area is 109 Å². The van der Waals surface area contributed by atoms with Crippen LogP contribution in [0.4, 0.5) is 4.39 Å². The van der Waals surface area contributed by atoms with Gasteiger partial charge >= 0.3 is 0 Å². The van der Waals surface area contributed by atoms with Crippen LogP contribution in [0.5, 0.6) is 5.75 Å². The van der Waals surface area contributed by atoms with Gasteiger partial charge in [-0.05, 0) is 31.0 Å². The van der Waals surface area contributed by atoms with Gasteiger partial charge in [-0.25, -0.2) is 4.39 Å². The molecule has 0 aliphatic heterocycles. The van der Waals surface area contributed by atoms with Crippen LogP contribution in [0.25, 0.3) is 11.5 Å². The number of aromatic nitrogens is 2. The van der Waals surface area contributed by atoms with Crippen LogP contribution in [0.1, 0.15) is 18.7 Å². The lowest BCUT2D eigenvalue weighted by Crippen LogP contribution is -2.15. The molecule has 1 fully saturated rings. The molecule has 0 radical (unpaired) electrons. The molecule has 2 aromatic rings. The molecule has 0 saturated heterocycles. The zero-order valence-electron chi connectivity index (χ0n) is 10.5. The second kappa shape index (κ2) is 4.97. The summed E-state index contributed by atoms with van der Waals surface area (Å²) in [6, 6.07) is 5.13. The molecule has 1 N–H and O–H groups in total. The minimum absolute atomic E-state index is 0.193. The van der Waals surface area contributed by atoms with Gasteiger partial charge in [-0.3, -0.25) is 0 Å². The first-order valence-corrected chi connectivity index (χ1v) is 6.16. The molecular weight excluding hydrogens is 249 g/mol. The van der Waals surface area contributed by atoms with Crippen molar-refractivity contribution in [3.05, 3.63) is 29.9 Å². The van der Waals surface area contributed by atoms with Crippen LogP contribution in [0.2, 0.25) is 0 Å². The van der Waals surface area contributed by atoms with Crippen molar-refractivity contribution >= 4 is 0 Å². The summed E-state index contributed by atoms with van der Waals surface area (Å²) in [4.78, 5) is 0. The van der Waals surface area contributed by atoms with Crippen LogP contribution in [-0.2, 0) is 6.54 Å². The lowest BCUT2D eigenvalue weighted by molar-refractivity contribution is 0.386. The highest BCUT2D eigenvalue weighted by atomic mass is 19.1.